The Kier molecular flexibility index (Phi) is 7.99. The smallest absolute Gasteiger partial charge is 0.294 e. The van der Waals surface area contributed by atoms with Crippen molar-refractivity contribution in [3.05, 3.63) is 53.4 Å². The summed E-state index contributed by atoms with van der Waals surface area (Å²) in [5.41, 5.74) is 0.792. The van der Waals surface area contributed by atoms with E-state index in [4.69, 9.17) is 16.0 Å². The molecule has 35 heavy (non-hydrogen) atoms. The average molecular weight is 498 g/mol. The minimum absolute atomic E-state index is 0.0125. The second kappa shape index (κ2) is 11.3. The van der Waals surface area contributed by atoms with E-state index in [0.717, 1.165) is 26.2 Å². The zero-order chi connectivity index (χ0) is 24.8. The number of likely N-dealkylation sites (N-methyl/N-ethyl adjacent to an activating group) is 1. The van der Waals surface area contributed by atoms with E-state index in [1.807, 2.05) is 11.9 Å². The molecule has 3 amide bonds. The lowest BCUT2D eigenvalue weighted by molar-refractivity contribution is -0.133. The number of benzene rings is 1. The number of nitrogens with one attached hydrogen (secondary N) is 2. The molecular formula is C25H28ClN5O4. The van der Waals surface area contributed by atoms with Gasteiger partial charge in [0, 0.05) is 50.6 Å². The minimum atomic E-state index is -0.538. The molecule has 9 nitrogen and oxygen atoms in total. The van der Waals surface area contributed by atoms with Crippen molar-refractivity contribution in [3.8, 4) is 0 Å². The van der Waals surface area contributed by atoms with Gasteiger partial charge in [-0.15, -0.1) is 0 Å². The molecule has 0 unspecified atom stereocenters. The number of carbonyl (C=O) groups is 3. The van der Waals surface area contributed by atoms with E-state index in [9.17, 15) is 14.4 Å². The molecule has 1 aliphatic heterocycles. The number of hydrogen-bond donors (Lipinski definition) is 2. The highest BCUT2D eigenvalue weighted by atomic mass is 35.5. The first-order chi connectivity index (χ1) is 16.9. The standard InChI is InChI=1S/C25H28ClN5O4/c1-30-12-14-31(15-13-30)22(33)9-5-4-8-21(32)29-23-18-6-2-3-7-19(18)35-24(23)25(34)28-20-11-10-17(26)16-27-20/h2-3,6-7,10-11,16H,4-5,8-9,12-15H2,1H3,(H,29,32)(H,27,28,34). The second-order valence-electron chi connectivity index (χ2n) is 8.56. The molecule has 0 radical (unpaired) electrons. The molecule has 184 valence electrons. The quantitative estimate of drug-likeness (QED) is 0.455. The molecule has 2 N–H and O–H groups in total. The SMILES string of the molecule is CN1CCN(C(=O)CCCCC(=O)Nc2c(C(=O)Nc3ccc(Cl)cn3)oc3ccccc23)CC1. The highest BCUT2D eigenvalue weighted by molar-refractivity contribution is 6.30. The van der Waals surface area contributed by atoms with Gasteiger partial charge in [0.15, 0.2) is 0 Å². The summed E-state index contributed by atoms with van der Waals surface area (Å²) in [6.07, 6.45) is 3.27. The van der Waals surface area contributed by atoms with Gasteiger partial charge in [0.05, 0.1) is 5.02 Å². The Morgan fingerprint density at radius 2 is 1.74 bits per heavy atom. The van der Waals surface area contributed by atoms with Crippen LogP contribution < -0.4 is 10.6 Å². The van der Waals surface area contributed by atoms with E-state index in [2.05, 4.69) is 20.5 Å². The molecular weight excluding hydrogens is 470 g/mol. The lowest BCUT2D eigenvalue weighted by Crippen LogP contribution is -2.47. The normalized spacial score (nSPS) is 14.2. The number of pyridine rings is 1. The van der Waals surface area contributed by atoms with E-state index in [-0.39, 0.29) is 24.0 Å². The molecule has 3 heterocycles. The number of rotatable bonds is 8. The van der Waals surface area contributed by atoms with E-state index in [1.165, 1.54) is 6.20 Å². The molecule has 1 saturated heterocycles. The van der Waals surface area contributed by atoms with Gasteiger partial charge in [-0.2, -0.15) is 0 Å². The summed E-state index contributed by atoms with van der Waals surface area (Å²) in [5, 5.41) is 6.56. The van der Waals surface area contributed by atoms with Crippen molar-refractivity contribution >= 4 is 51.8 Å². The number of fused-ring (bicyclic) bond motifs is 1. The van der Waals surface area contributed by atoms with Crippen molar-refractivity contribution in [3.63, 3.8) is 0 Å². The van der Waals surface area contributed by atoms with Crippen LogP contribution in [0.15, 0.2) is 47.0 Å². The number of para-hydroxylation sites is 1. The summed E-state index contributed by atoms with van der Waals surface area (Å²) >= 11 is 5.85. The third-order valence-corrected chi connectivity index (χ3v) is 6.16. The zero-order valence-corrected chi connectivity index (χ0v) is 20.3. The van der Waals surface area contributed by atoms with Crippen molar-refractivity contribution in [1.82, 2.24) is 14.8 Å². The van der Waals surface area contributed by atoms with Gasteiger partial charge in [0.1, 0.15) is 17.1 Å². The van der Waals surface area contributed by atoms with Gasteiger partial charge >= 0.3 is 0 Å². The van der Waals surface area contributed by atoms with Crippen molar-refractivity contribution in [2.75, 3.05) is 43.9 Å². The van der Waals surface area contributed by atoms with E-state index in [0.29, 0.717) is 46.8 Å². The Morgan fingerprint density at radius 1 is 1.00 bits per heavy atom. The van der Waals surface area contributed by atoms with Crippen molar-refractivity contribution in [2.24, 2.45) is 0 Å². The maximum absolute atomic E-state index is 12.9. The largest absolute Gasteiger partial charge is 0.449 e. The van der Waals surface area contributed by atoms with Crippen molar-refractivity contribution in [2.45, 2.75) is 25.7 Å². The summed E-state index contributed by atoms with van der Waals surface area (Å²) in [6.45, 7) is 3.27. The van der Waals surface area contributed by atoms with E-state index < -0.39 is 5.91 Å². The second-order valence-corrected chi connectivity index (χ2v) is 8.99. The van der Waals surface area contributed by atoms with Crippen LogP contribution >= 0.6 is 11.6 Å². The number of unbranched alkanes of at least 4 members (excludes halogenated alkanes) is 1. The van der Waals surface area contributed by atoms with Gasteiger partial charge in [-0.25, -0.2) is 4.98 Å². The van der Waals surface area contributed by atoms with Crippen LogP contribution in [0.5, 0.6) is 0 Å². The number of anilines is 2. The molecule has 0 aliphatic carbocycles. The van der Waals surface area contributed by atoms with Gasteiger partial charge in [-0.05, 0) is 44.2 Å². The Hall–Kier alpha value is -3.43. The minimum Gasteiger partial charge on any atom is -0.449 e. The van der Waals surface area contributed by atoms with Crippen LogP contribution in [0.2, 0.25) is 5.02 Å². The number of halogens is 1. The monoisotopic (exact) mass is 497 g/mol. The van der Waals surface area contributed by atoms with Gasteiger partial charge in [0.25, 0.3) is 5.91 Å². The van der Waals surface area contributed by atoms with Crippen LogP contribution in [0.3, 0.4) is 0 Å². The summed E-state index contributed by atoms with van der Waals surface area (Å²) in [7, 11) is 2.05. The number of hydrogen-bond acceptors (Lipinski definition) is 6. The third kappa shape index (κ3) is 6.37. The van der Waals surface area contributed by atoms with Crippen LogP contribution in [0.4, 0.5) is 11.5 Å². The van der Waals surface area contributed by atoms with Crippen molar-refractivity contribution in [1.29, 1.82) is 0 Å². The topological polar surface area (TPSA) is 108 Å². The summed E-state index contributed by atoms with van der Waals surface area (Å²) < 4.78 is 5.76. The van der Waals surface area contributed by atoms with Gasteiger partial charge in [0.2, 0.25) is 17.6 Å². The molecule has 1 fully saturated rings. The Labute approximate surface area is 208 Å². The number of amides is 3. The first kappa shape index (κ1) is 24.7. The fraction of sp³-hybridized carbons (Fsp3) is 0.360. The van der Waals surface area contributed by atoms with Crippen LogP contribution in [-0.2, 0) is 9.59 Å². The van der Waals surface area contributed by atoms with Crippen LogP contribution in [0, 0.1) is 0 Å². The molecule has 0 bridgehead atoms. The maximum Gasteiger partial charge on any atom is 0.294 e. The number of carbonyl (C=O) groups excluding carboxylic acids is 3. The Morgan fingerprint density at radius 3 is 2.49 bits per heavy atom. The molecule has 4 rings (SSSR count). The predicted molar refractivity (Wildman–Crippen MR) is 135 cm³/mol. The molecule has 3 aromatic rings. The van der Waals surface area contributed by atoms with Crippen LogP contribution in [-0.4, -0.2) is 65.7 Å². The highest BCUT2D eigenvalue weighted by Crippen LogP contribution is 2.31. The average Bonchev–Trinajstić information content (AvgIpc) is 3.22. The van der Waals surface area contributed by atoms with Crippen LogP contribution in [0.25, 0.3) is 11.0 Å². The van der Waals surface area contributed by atoms with Gasteiger partial charge in [-0.3, -0.25) is 14.4 Å². The number of furan rings is 1. The molecule has 0 spiro atoms. The molecule has 1 aromatic carbocycles. The summed E-state index contributed by atoms with van der Waals surface area (Å²) in [6, 6.07) is 10.3. The number of aromatic nitrogens is 1. The van der Waals surface area contributed by atoms with E-state index >= 15 is 0 Å². The van der Waals surface area contributed by atoms with Gasteiger partial charge < -0.3 is 24.9 Å². The number of piperazine rings is 1. The Bertz CT molecular complexity index is 1200. The molecule has 10 heteroatoms. The summed E-state index contributed by atoms with van der Waals surface area (Å²) in [4.78, 5) is 46.1. The fourth-order valence-corrected chi connectivity index (χ4v) is 4.04. The summed E-state index contributed by atoms with van der Waals surface area (Å²) in [5.74, 6) is -0.357. The lowest BCUT2D eigenvalue weighted by atomic mass is 10.1. The van der Waals surface area contributed by atoms with E-state index in [1.54, 1.807) is 36.4 Å². The fourth-order valence-electron chi connectivity index (χ4n) is 3.93. The highest BCUT2D eigenvalue weighted by Gasteiger charge is 2.23. The molecule has 2 aromatic heterocycles. The third-order valence-electron chi connectivity index (χ3n) is 5.94. The lowest BCUT2D eigenvalue weighted by Gasteiger charge is -2.32. The zero-order valence-electron chi connectivity index (χ0n) is 19.6. The molecule has 0 atom stereocenters. The van der Waals surface area contributed by atoms with Gasteiger partial charge in [-0.1, -0.05) is 23.7 Å². The predicted octanol–water partition coefficient (Wildman–Crippen LogP) is 4.01. The first-order valence-corrected chi connectivity index (χ1v) is 12.0. The maximum atomic E-state index is 12.9. The number of nitrogens with zero attached hydrogens (tertiary/aromatic N) is 3. The van der Waals surface area contributed by atoms with Crippen molar-refractivity contribution < 1.29 is 18.8 Å². The molecule has 0 saturated carbocycles. The Balaban J connectivity index is 1.35. The molecule has 1 aliphatic rings. The first-order valence-electron chi connectivity index (χ1n) is 11.6. The van der Waals surface area contributed by atoms with Crippen LogP contribution in [0.1, 0.15) is 36.2 Å².